The van der Waals surface area contributed by atoms with Crippen LogP contribution in [0.3, 0.4) is 0 Å². The zero-order valence-electron chi connectivity index (χ0n) is 14.9. The highest BCUT2D eigenvalue weighted by atomic mass is 16.5. The van der Waals surface area contributed by atoms with Gasteiger partial charge in [-0.3, -0.25) is 4.79 Å². The molecule has 3 nitrogen and oxygen atoms in total. The molecule has 0 unspecified atom stereocenters. The van der Waals surface area contributed by atoms with Gasteiger partial charge >= 0.3 is 0 Å². The molecule has 0 radical (unpaired) electrons. The number of hydrogen-bond acceptors (Lipinski definition) is 2. The summed E-state index contributed by atoms with van der Waals surface area (Å²) in [6.07, 6.45) is 7.41. The Morgan fingerprint density at radius 1 is 1.04 bits per heavy atom. The van der Waals surface area contributed by atoms with Crippen LogP contribution in [-0.2, 0) is 11.2 Å². The number of hydrogen-bond donors (Lipinski definition) is 0. The van der Waals surface area contributed by atoms with Gasteiger partial charge in [0.1, 0.15) is 5.75 Å². The van der Waals surface area contributed by atoms with Gasteiger partial charge in [0.2, 0.25) is 5.91 Å². The molecule has 1 aromatic rings. The molecule has 0 N–H and O–H groups in total. The smallest absolute Gasteiger partial charge is 0.226 e. The number of ether oxygens (including phenoxy) is 1. The van der Waals surface area contributed by atoms with Crippen LogP contribution in [0.4, 0.5) is 0 Å². The van der Waals surface area contributed by atoms with Gasteiger partial charge in [-0.25, -0.2) is 0 Å². The molecule has 0 spiro atoms. The Hall–Kier alpha value is -1.51. The molecule has 24 heavy (non-hydrogen) atoms. The highest BCUT2D eigenvalue weighted by molar-refractivity contribution is 5.79. The Labute approximate surface area is 145 Å². The number of carbonyl (C=O) groups is 1. The molecule has 0 aromatic heterocycles. The molecule has 0 heterocycles. The largest absolute Gasteiger partial charge is 0.494 e. The van der Waals surface area contributed by atoms with Crippen molar-refractivity contribution in [2.75, 3.05) is 13.7 Å². The lowest BCUT2D eigenvalue weighted by Crippen LogP contribution is -2.56. The summed E-state index contributed by atoms with van der Waals surface area (Å²) in [6, 6.07) is 8.47. The van der Waals surface area contributed by atoms with Gasteiger partial charge in [0.15, 0.2) is 0 Å². The third-order valence-corrected chi connectivity index (χ3v) is 6.61. The normalized spacial score (nSPS) is 33.5. The van der Waals surface area contributed by atoms with E-state index in [2.05, 4.69) is 4.90 Å². The summed E-state index contributed by atoms with van der Waals surface area (Å²) in [5.74, 6) is 4.59. The second kappa shape index (κ2) is 6.42. The zero-order chi connectivity index (χ0) is 16.7. The second-order valence-electron chi connectivity index (χ2n) is 8.18. The van der Waals surface area contributed by atoms with Crippen LogP contribution in [0, 0.1) is 23.7 Å². The molecule has 0 saturated heterocycles. The maximum absolute atomic E-state index is 12.8. The van der Waals surface area contributed by atoms with Gasteiger partial charge in [-0.2, -0.15) is 0 Å². The molecule has 4 saturated carbocycles. The Balaban J connectivity index is 1.41. The lowest BCUT2D eigenvalue weighted by Gasteiger charge is -2.56. The van der Waals surface area contributed by atoms with Crippen molar-refractivity contribution in [1.29, 1.82) is 0 Å². The van der Waals surface area contributed by atoms with Crippen LogP contribution in [-0.4, -0.2) is 30.5 Å². The van der Waals surface area contributed by atoms with E-state index in [9.17, 15) is 4.79 Å². The summed E-state index contributed by atoms with van der Waals surface area (Å²) in [5.41, 5.74) is 1.08. The first-order valence-electron chi connectivity index (χ1n) is 9.61. The summed E-state index contributed by atoms with van der Waals surface area (Å²) >= 11 is 0. The molecule has 3 heteroatoms. The van der Waals surface area contributed by atoms with E-state index in [1.165, 1.54) is 32.1 Å². The van der Waals surface area contributed by atoms with E-state index in [-0.39, 0.29) is 5.91 Å². The molecule has 4 fully saturated rings. The van der Waals surface area contributed by atoms with E-state index in [1.807, 2.05) is 38.2 Å². The van der Waals surface area contributed by atoms with Crippen LogP contribution in [0.25, 0.3) is 0 Å². The van der Waals surface area contributed by atoms with Gasteiger partial charge in [-0.05, 0) is 80.4 Å². The molecule has 130 valence electrons. The molecular weight excluding hydrogens is 298 g/mol. The molecule has 0 aliphatic heterocycles. The molecule has 5 rings (SSSR count). The fourth-order valence-corrected chi connectivity index (χ4v) is 5.86. The minimum absolute atomic E-state index is 0.275. The van der Waals surface area contributed by atoms with Crippen molar-refractivity contribution in [3.05, 3.63) is 29.8 Å². The van der Waals surface area contributed by atoms with Crippen LogP contribution in [0.5, 0.6) is 5.75 Å². The second-order valence-corrected chi connectivity index (χ2v) is 8.18. The van der Waals surface area contributed by atoms with Crippen LogP contribution < -0.4 is 4.74 Å². The van der Waals surface area contributed by atoms with E-state index in [4.69, 9.17) is 4.74 Å². The summed E-state index contributed by atoms with van der Waals surface area (Å²) in [4.78, 5) is 14.9. The van der Waals surface area contributed by atoms with E-state index in [0.29, 0.717) is 19.1 Å². The molecule has 4 aliphatic carbocycles. The standard InChI is InChI=1S/C21H29NO2/c1-3-24-19-6-4-14(5-7-19)13-20(23)22(2)21-17-9-15-8-16(11-17)12-18(21)10-15/h4-7,15-18,21H,3,8-13H2,1-2H3. The Kier molecular flexibility index (Phi) is 4.28. The monoisotopic (exact) mass is 327 g/mol. The van der Waals surface area contributed by atoms with E-state index in [1.54, 1.807) is 0 Å². The van der Waals surface area contributed by atoms with Crippen molar-refractivity contribution in [1.82, 2.24) is 4.90 Å². The Morgan fingerprint density at radius 3 is 2.17 bits per heavy atom. The van der Waals surface area contributed by atoms with E-state index >= 15 is 0 Å². The van der Waals surface area contributed by atoms with Gasteiger partial charge in [0, 0.05) is 13.1 Å². The third-order valence-electron chi connectivity index (χ3n) is 6.61. The van der Waals surface area contributed by atoms with Crippen molar-refractivity contribution < 1.29 is 9.53 Å². The van der Waals surface area contributed by atoms with Crippen LogP contribution in [0.15, 0.2) is 24.3 Å². The highest BCUT2D eigenvalue weighted by Crippen LogP contribution is 2.54. The Bertz CT molecular complexity index is 566. The predicted octanol–water partition coefficient (Wildman–Crippen LogP) is 3.91. The molecule has 1 aromatic carbocycles. The van der Waals surface area contributed by atoms with Crippen molar-refractivity contribution >= 4 is 5.91 Å². The Morgan fingerprint density at radius 2 is 1.62 bits per heavy atom. The van der Waals surface area contributed by atoms with Gasteiger partial charge in [0.05, 0.1) is 13.0 Å². The fraction of sp³-hybridized carbons (Fsp3) is 0.667. The summed E-state index contributed by atoms with van der Waals surface area (Å²) < 4.78 is 5.48. The summed E-state index contributed by atoms with van der Waals surface area (Å²) in [6.45, 7) is 2.66. The van der Waals surface area contributed by atoms with Crippen LogP contribution >= 0.6 is 0 Å². The predicted molar refractivity (Wildman–Crippen MR) is 94.9 cm³/mol. The van der Waals surface area contributed by atoms with Gasteiger partial charge < -0.3 is 9.64 Å². The summed E-state index contributed by atoms with van der Waals surface area (Å²) in [5, 5.41) is 0. The van der Waals surface area contributed by atoms with Gasteiger partial charge in [-0.1, -0.05) is 12.1 Å². The minimum atomic E-state index is 0.275. The third kappa shape index (κ3) is 2.94. The first-order valence-corrected chi connectivity index (χ1v) is 9.61. The zero-order valence-corrected chi connectivity index (χ0v) is 14.9. The van der Waals surface area contributed by atoms with Gasteiger partial charge in [0.25, 0.3) is 0 Å². The number of benzene rings is 1. The average molecular weight is 327 g/mol. The molecule has 0 atom stereocenters. The molecule has 4 aliphatic rings. The highest BCUT2D eigenvalue weighted by Gasteiger charge is 2.50. The number of nitrogens with zero attached hydrogens (tertiary/aromatic N) is 1. The maximum Gasteiger partial charge on any atom is 0.226 e. The number of carbonyl (C=O) groups excluding carboxylic acids is 1. The lowest BCUT2D eigenvalue weighted by atomic mass is 9.54. The first kappa shape index (κ1) is 16.0. The fourth-order valence-electron chi connectivity index (χ4n) is 5.86. The molecule has 1 amide bonds. The van der Waals surface area contributed by atoms with Gasteiger partial charge in [-0.15, -0.1) is 0 Å². The maximum atomic E-state index is 12.8. The van der Waals surface area contributed by atoms with Crippen molar-refractivity contribution in [3.8, 4) is 5.75 Å². The van der Waals surface area contributed by atoms with E-state index < -0.39 is 0 Å². The molecular formula is C21H29NO2. The van der Waals surface area contributed by atoms with Crippen molar-refractivity contribution in [3.63, 3.8) is 0 Å². The number of likely N-dealkylation sites (N-methyl/N-ethyl adjacent to an activating group) is 1. The van der Waals surface area contributed by atoms with Crippen LogP contribution in [0.1, 0.15) is 44.6 Å². The van der Waals surface area contributed by atoms with Crippen molar-refractivity contribution in [2.24, 2.45) is 23.7 Å². The minimum Gasteiger partial charge on any atom is -0.494 e. The van der Waals surface area contributed by atoms with E-state index in [0.717, 1.165) is 35.0 Å². The van der Waals surface area contributed by atoms with Crippen LogP contribution in [0.2, 0.25) is 0 Å². The lowest BCUT2D eigenvalue weighted by molar-refractivity contribution is -0.140. The first-order chi connectivity index (χ1) is 11.6. The average Bonchev–Trinajstić information content (AvgIpc) is 2.55. The van der Waals surface area contributed by atoms with Crippen molar-refractivity contribution in [2.45, 2.75) is 51.5 Å². The molecule has 4 bridgehead atoms. The number of amides is 1. The summed E-state index contributed by atoms with van der Waals surface area (Å²) in [7, 11) is 2.05. The quantitative estimate of drug-likeness (QED) is 0.820. The topological polar surface area (TPSA) is 29.5 Å². The SMILES string of the molecule is CCOc1ccc(CC(=O)N(C)C2C3CC4CC(C3)CC2C4)cc1. The number of rotatable bonds is 5.